The number of alkyl carbamates (subject to hydrolysis) is 1. The van der Waals surface area contributed by atoms with Gasteiger partial charge in [-0.05, 0) is 59.9 Å². The number of nitrogens with zero attached hydrogens (tertiary/aromatic N) is 1. The highest BCUT2D eigenvalue weighted by Gasteiger charge is 2.38. The summed E-state index contributed by atoms with van der Waals surface area (Å²) in [6.45, 7) is 12.7. The summed E-state index contributed by atoms with van der Waals surface area (Å²) in [6.07, 6.45) is 0.769. The fourth-order valence-electron chi connectivity index (χ4n) is 3.75. The highest BCUT2D eigenvalue weighted by molar-refractivity contribution is 5.92. The van der Waals surface area contributed by atoms with Gasteiger partial charge in [0.25, 0.3) is 0 Å². The van der Waals surface area contributed by atoms with Crippen LogP contribution in [0.4, 0.5) is 4.79 Å². The van der Waals surface area contributed by atoms with Crippen molar-refractivity contribution < 1.29 is 23.9 Å². The van der Waals surface area contributed by atoms with E-state index in [2.05, 4.69) is 10.6 Å². The molecule has 0 radical (unpaired) electrons. The molecule has 0 aliphatic carbocycles. The first-order valence-corrected chi connectivity index (χ1v) is 12.2. The summed E-state index contributed by atoms with van der Waals surface area (Å²) in [5.41, 5.74) is 5.18. The van der Waals surface area contributed by atoms with Crippen LogP contribution in [0.15, 0.2) is 30.3 Å². The Labute approximate surface area is 209 Å². The van der Waals surface area contributed by atoms with Crippen LogP contribution in [0.2, 0.25) is 0 Å². The number of nitrogens with one attached hydrogen (secondary N) is 2. The van der Waals surface area contributed by atoms with Crippen molar-refractivity contribution in [2.75, 3.05) is 0 Å². The van der Waals surface area contributed by atoms with Crippen molar-refractivity contribution in [3.8, 4) is 0 Å². The van der Waals surface area contributed by atoms with Crippen LogP contribution < -0.4 is 16.4 Å². The van der Waals surface area contributed by atoms with E-state index in [1.807, 2.05) is 19.9 Å². The van der Waals surface area contributed by atoms with Crippen LogP contribution in [-0.4, -0.2) is 52.4 Å². The van der Waals surface area contributed by atoms with Gasteiger partial charge in [0.15, 0.2) is 0 Å². The molecule has 9 heteroatoms. The molecular formula is C26H42N4O5. The molecule has 0 aromatic heterocycles. The lowest BCUT2D eigenvalue weighted by Crippen LogP contribution is -2.55. The SMILES string of the molecule is CCCC(C)NC(=O)C(c1ccccc1)N(C(=O)C(CCC(N)=O)NC(=O)OC(C)(C)C)C(C)C. The minimum atomic E-state index is -1.10. The van der Waals surface area contributed by atoms with Gasteiger partial charge in [-0.15, -0.1) is 0 Å². The molecule has 0 saturated carbocycles. The highest BCUT2D eigenvalue weighted by Crippen LogP contribution is 2.26. The molecule has 0 saturated heterocycles. The minimum absolute atomic E-state index is 0.0218. The van der Waals surface area contributed by atoms with Crippen molar-refractivity contribution in [1.82, 2.24) is 15.5 Å². The summed E-state index contributed by atoms with van der Waals surface area (Å²) in [5, 5.41) is 5.59. The number of benzene rings is 1. The van der Waals surface area contributed by atoms with E-state index in [0.29, 0.717) is 5.56 Å². The number of amides is 4. The molecule has 0 heterocycles. The van der Waals surface area contributed by atoms with Gasteiger partial charge in [-0.2, -0.15) is 0 Å². The van der Waals surface area contributed by atoms with Crippen LogP contribution in [0.25, 0.3) is 0 Å². The zero-order chi connectivity index (χ0) is 26.8. The maximum absolute atomic E-state index is 13.9. The molecule has 196 valence electrons. The maximum Gasteiger partial charge on any atom is 0.408 e. The lowest BCUT2D eigenvalue weighted by molar-refractivity contribution is -0.145. The van der Waals surface area contributed by atoms with E-state index < -0.39 is 41.6 Å². The first-order chi connectivity index (χ1) is 16.3. The predicted octanol–water partition coefficient (Wildman–Crippen LogP) is 3.43. The summed E-state index contributed by atoms with van der Waals surface area (Å²) in [5.74, 6) is -1.42. The number of rotatable bonds is 12. The van der Waals surface area contributed by atoms with Crippen molar-refractivity contribution in [2.24, 2.45) is 5.73 Å². The molecule has 35 heavy (non-hydrogen) atoms. The van der Waals surface area contributed by atoms with Gasteiger partial charge in [0, 0.05) is 18.5 Å². The molecule has 4 N–H and O–H groups in total. The van der Waals surface area contributed by atoms with Gasteiger partial charge in [-0.3, -0.25) is 14.4 Å². The summed E-state index contributed by atoms with van der Waals surface area (Å²) < 4.78 is 5.32. The van der Waals surface area contributed by atoms with Crippen LogP contribution in [0.1, 0.15) is 85.8 Å². The van der Waals surface area contributed by atoms with E-state index >= 15 is 0 Å². The van der Waals surface area contributed by atoms with E-state index in [9.17, 15) is 19.2 Å². The normalized spacial score (nSPS) is 13.9. The van der Waals surface area contributed by atoms with E-state index in [0.717, 1.165) is 12.8 Å². The molecule has 4 amide bonds. The van der Waals surface area contributed by atoms with Crippen molar-refractivity contribution in [1.29, 1.82) is 0 Å². The summed E-state index contributed by atoms with van der Waals surface area (Å²) in [6, 6.07) is 6.51. The molecule has 0 aliphatic rings. The number of primary amides is 1. The minimum Gasteiger partial charge on any atom is -0.444 e. The number of hydrogen-bond donors (Lipinski definition) is 3. The smallest absolute Gasteiger partial charge is 0.408 e. The average molecular weight is 491 g/mol. The lowest BCUT2D eigenvalue weighted by Gasteiger charge is -2.37. The van der Waals surface area contributed by atoms with Crippen molar-refractivity contribution >= 4 is 23.8 Å². The monoisotopic (exact) mass is 490 g/mol. The number of hydrogen-bond acceptors (Lipinski definition) is 5. The summed E-state index contributed by atoms with van der Waals surface area (Å²) in [4.78, 5) is 52.8. The molecule has 1 rings (SSSR count). The van der Waals surface area contributed by atoms with Crippen LogP contribution in [0.3, 0.4) is 0 Å². The number of carbonyl (C=O) groups excluding carboxylic acids is 4. The summed E-state index contributed by atoms with van der Waals surface area (Å²) >= 11 is 0. The van der Waals surface area contributed by atoms with Gasteiger partial charge in [-0.1, -0.05) is 43.7 Å². The Hall–Kier alpha value is -3.10. The molecule has 0 bridgehead atoms. The van der Waals surface area contributed by atoms with Crippen LogP contribution in [0.5, 0.6) is 0 Å². The van der Waals surface area contributed by atoms with Gasteiger partial charge in [-0.25, -0.2) is 4.79 Å². The zero-order valence-electron chi connectivity index (χ0n) is 22.1. The van der Waals surface area contributed by atoms with Crippen molar-refractivity contribution in [3.05, 3.63) is 35.9 Å². The molecule has 3 unspecified atom stereocenters. The molecule has 0 spiro atoms. The van der Waals surface area contributed by atoms with Crippen molar-refractivity contribution in [3.63, 3.8) is 0 Å². The topological polar surface area (TPSA) is 131 Å². The second kappa shape index (κ2) is 13.7. The third-order valence-corrected chi connectivity index (χ3v) is 5.23. The Bertz CT molecular complexity index is 851. The molecule has 0 fully saturated rings. The van der Waals surface area contributed by atoms with Gasteiger partial charge in [0.05, 0.1) is 0 Å². The Morgan fingerprint density at radius 2 is 1.60 bits per heavy atom. The lowest BCUT2D eigenvalue weighted by atomic mass is 9.99. The van der Waals surface area contributed by atoms with Crippen LogP contribution in [0, 0.1) is 0 Å². The first-order valence-electron chi connectivity index (χ1n) is 12.2. The van der Waals surface area contributed by atoms with Crippen LogP contribution >= 0.6 is 0 Å². The van der Waals surface area contributed by atoms with Gasteiger partial charge in [0.1, 0.15) is 17.7 Å². The Morgan fingerprint density at radius 1 is 1.00 bits per heavy atom. The van der Waals surface area contributed by atoms with E-state index in [-0.39, 0.29) is 24.8 Å². The zero-order valence-corrected chi connectivity index (χ0v) is 22.1. The van der Waals surface area contributed by atoms with Gasteiger partial charge >= 0.3 is 6.09 Å². The van der Waals surface area contributed by atoms with E-state index in [1.54, 1.807) is 58.9 Å². The Morgan fingerprint density at radius 3 is 2.09 bits per heavy atom. The second-order valence-corrected chi connectivity index (χ2v) is 10.1. The standard InChI is InChI=1S/C26H42N4O5/c1-8-12-18(4)28-23(32)22(19-13-10-9-11-14-19)30(17(2)3)24(33)20(15-16-21(27)31)29-25(34)35-26(5,6)7/h9-11,13-14,17-18,20,22H,8,12,15-16H2,1-7H3,(H2,27,31)(H,28,32)(H,29,34). The maximum atomic E-state index is 13.9. The largest absolute Gasteiger partial charge is 0.444 e. The van der Waals surface area contributed by atoms with E-state index in [1.165, 1.54) is 4.90 Å². The van der Waals surface area contributed by atoms with Crippen LogP contribution in [-0.2, 0) is 19.1 Å². The highest BCUT2D eigenvalue weighted by atomic mass is 16.6. The number of nitrogens with two attached hydrogens (primary N) is 1. The predicted molar refractivity (Wildman–Crippen MR) is 135 cm³/mol. The van der Waals surface area contributed by atoms with E-state index in [4.69, 9.17) is 10.5 Å². The number of ether oxygens (including phenoxy) is 1. The van der Waals surface area contributed by atoms with Gasteiger partial charge in [0.2, 0.25) is 17.7 Å². The number of carbonyl (C=O) groups is 4. The molecule has 0 aliphatic heterocycles. The molecule has 1 aromatic carbocycles. The quantitative estimate of drug-likeness (QED) is 0.413. The molecular weight excluding hydrogens is 448 g/mol. The second-order valence-electron chi connectivity index (χ2n) is 10.1. The fraction of sp³-hybridized carbons (Fsp3) is 0.615. The third-order valence-electron chi connectivity index (χ3n) is 5.23. The van der Waals surface area contributed by atoms with Crippen molar-refractivity contribution in [2.45, 2.75) is 104 Å². The Kier molecular flexibility index (Phi) is 11.7. The molecule has 9 nitrogen and oxygen atoms in total. The average Bonchev–Trinajstić information content (AvgIpc) is 2.73. The molecule has 1 aromatic rings. The Balaban J connectivity index is 3.39. The first kappa shape index (κ1) is 29.9. The third kappa shape index (κ3) is 10.4. The molecule has 3 atom stereocenters. The fourth-order valence-corrected chi connectivity index (χ4v) is 3.75. The van der Waals surface area contributed by atoms with Gasteiger partial charge < -0.3 is 26.0 Å². The summed E-state index contributed by atoms with van der Waals surface area (Å²) in [7, 11) is 0.